The molecule has 0 nitrogen and oxygen atoms in total. The molecule has 2 aliphatic carbocycles. The SMILES string of the molecule is C1CCC2C(C1)SC1CCCC12. The summed E-state index contributed by atoms with van der Waals surface area (Å²) < 4.78 is 0. The molecule has 1 aliphatic heterocycles. The lowest BCUT2D eigenvalue weighted by Gasteiger charge is -2.27. The quantitative estimate of drug-likeness (QED) is 0.553. The molecule has 4 unspecified atom stereocenters. The Balaban J connectivity index is 1.79. The first-order valence-electron chi connectivity index (χ1n) is 5.60. The van der Waals surface area contributed by atoms with E-state index in [1.54, 1.807) is 25.7 Å². The van der Waals surface area contributed by atoms with Crippen molar-refractivity contribution < 1.29 is 0 Å². The van der Waals surface area contributed by atoms with Gasteiger partial charge in [-0.15, -0.1) is 0 Å². The first-order chi connectivity index (χ1) is 5.95. The molecule has 0 aromatic rings. The summed E-state index contributed by atoms with van der Waals surface area (Å²) in [5.41, 5.74) is 0. The van der Waals surface area contributed by atoms with Crippen LogP contribution in [0.4, 0.5) is 0 Å². The molecule has 4 atom stereocenters. The smallest absolute Gasteiger partial charge is 0.00812 e. The monoisotopic (exact) mass is 182 g/mol. The van der Waals surface area contributed by atoms with E-state index in [1.165, 1.54) is 19.3 Å². The Bertz CT molecular complexity index is 178. The highest BCUT2D eigenvalue weighted by Crippen LogP contribution is 2.55. The molecule has 0 aromatic heterocycles. The zero-order valence-corrected chi connectivity index (χ0v) is 8.48. The van der Waals surface area contributed by atoms with Gasteiger partial charge in [0.2, 0.25) is 0 Å². The Kier molecular flexibility index (Phi) is 1.89. The number of thioether (sulfide) groups is 1. The lowest BCUT2D eigenvalue weighted by molar-refractivity contribution is 0.285. The highest BCUT2D eigenvalue weighted by molar-refractivity contribution is 8.00. The van der Waals surface area contributed by atoms with Gasteiger partial charge in [-0.2, -0.15) is 11.8 Å². The van der Waals surface area contributed by atoms with E-state index < -0.39 is 0 Å². The van der Waals surface area contributed by atoms with Gasteiger partial charge in [0.25, 0.3) is 0 Å². The minimum Gasteiger partial charge on any atom is -0.155 e. The van der Waals surface area contributed by atoms with Crippen LogP contribution in [0.1, 0.15) is 44.9 Å². The molecule has 0 radical (unpaired) electrons. The van der Waals surface area contributed by atoms with Crippen LogP contribution in [-0.4, -0.2) is 10.5 Å². The van der Waals surface area contributed by atoms with Gasteiger partial charge in [-0.05, 0) is 37.5 Å². The van der Waals surface area contributed by atoms with Gasteiger partial charge >= 0.3 is 0 Å². The van der Waals surface area contributed by atoms with Gasteiger partial charge in [0, 0.05) is 10.5 Å². The number of hydrogen-bond acceptors (Lipinski definition) is 1. The summed E-state index contributed by atoms with van der Waals surface area (Å²) in [7, 11) is 0. The van der Waals surface area contributed by atoms with Crippen molar-refractivity contribution >= 4 is 11.8 Å². The molecular weight excluding hydrogens is 164 g/mol. The van der Waals surface area contributed by atoms with E-state index in [0.717, 1.165) is 22.3 Å². The molecule has 3 aliphatic rings. The van der Waals surface area contributed by atoms with E-state index >= 15 is 0 Å². The average molecular weight is 182 g/mol. The summed E-state index contributed by atoms with van der Waals surface area (Å²) in [6, 6.07) is 0. The Morgan fingerprint density at radius 2 is 1.25 bits per heavy atom. The lowest BCUT2D eigenvalue weighted by atomic mass is 9.79. The van der Waals surface area contributed by atoms with E-state index in [1.807, 2.05) is 0 Å². The van der Waals surface area contributed by atoms with E-state index in [2.05, 4.69) is 11.8 Å². The molecule has 3 rings (SSSR count). The van der Waals surface area contributed by atoms with Crippen molar-refractivity contribution in [3.05, 3.63) is 0 Å². The molecule has 12 heavy (non-hydrogen) atoms. The summed E-state index contributed by atoms with van der Waals surface area (Å²) in [4.78, 5) is 0. The fourth-order valence-corrected chi connectivity index (χ4v) is 5.76. The second kappa shape index (κ2) is 2.94. The number of hydrogen-bond donors (Lipinski definition) is 0. The fourth-order valence-electron chi connectivity index (χ4n) is 3.62. The minimum absolute atomic E-state index is 1.09. The normalized spacial score (nSPS) is 52.0. The fraction of sp³-hybridized carbons (Fsp3) is 1.00. The average Bonchev–Trinajstić information content (AvgIpc) is 2.62. The molecule has 1 heteroatoms. The van der Waals surface area contributed by atoms with Gasteiger partial charge in [0.1, 0.15) is 0 Å². The van der Waals surface area contributed by atoms with Crippen LogP contribution in [0, 0.1) is 11.8 Å². The van der Waals surface area contributed by atoms with Crippen molar-refractivity contribution in [1.82, 2.24) is 0 Å². The number of rotatable bonds is 0. The maximum absolute atomic E-state index is 2.37. The molecule has 1 heterocycles. The Morgan fingerprint density at radius 3 is 2.08 bits per heavy atom. The molecule has 0 spiro atoms. The third-order valence-corrected chi connectivity index (χ3v) is 6.03. The van der Waals surface area contributed by atoms with E-state index in [0.29, 0.717) is 0 Å². The standard InChI is InChI=1S/C11H18S/c1-2-6-10-8(4-1)9-5-3-7-11(9)12-10/h8-11H,1-7H2. The van der Waals surface area contributed by atoms with Crippen LogP contribution in [0.15, 0.2) is 0 Å². The third kappa shape index (κ3) is 1.05. The summed E-state index contributed by atoms with van der Waals surface area (Å²) >= 11 is 2.37. The molecule has 0 aromatic carbocycles. The van der Waals surface area contributed by atoms with Crippen LogP contribution in [-0.2, 0) is 0 Å². The Morgan fingerprint density at radius 1 is 0.667 bits per heavy atom. The zero-order valence-electron chi connectivity index (χ0n) is 7.67. The maximum atomic E-state index is 2.37. The van der Waals surface area contributed by atoms with Gasteiger partial charge < -0.3 is 0 Å². The largest absolute Gasteiger partial charge is 0.155 e. The van der Waals surface area contributed by atoms with E-state index in [4.69, 9.17) is 0 Å². The first-order valence-corrected chi connectivity index (χ1v) is 6.55. The third-order valence-electron chi connectivity index (χ3n) is 4.16. The topological polar surface area (TPSA) is 0 Å². The van der Waals surface area contributed by atoms with Crippen LogP contribution in [0.2, 0.25) is 0 Å². The highest BCUT2D eigenvalue weighted by Gasteiger charge is 2.46. The van der Waals surface area contributed by atoms with Crippen molar-refractivity contribution in [2.75, 3.05) is 0 Å². The van der Waals surface area contributed by atoms with Gasteiger partial charge in [0.15, 0.2) is 0 Å². The Labute approximate surface area is 79.5 Å². The Hall–Kier alpha value is 0.350. The molecule has 68 valence electrons. The van der Waals surface area contributed by atoms with Crippen LogP contribution in [0.25, 0.3) is 0 Å². The van der Waals surface area contributed by atoms with Crippen LogP contribution >= 0.6 is 11.8 Å². The van der Waals surface area contributed by atoms with Crippen molar-refractivity contribution in [2.24, 2.45) is 11.8 Å². The molecule has 0 amide bonds. The van der Waals surface area contributed by atoms with Gasteiger partial charge in [-0.25, -0.2) is 0 Å². The zero-order chi connectivity index (χ0) is 7.97. The molecular formula is C11H18S. The maximum Gasteiger partial charge on any atom is 0.00812 e. The summed E-state index contributed by atoms with van der Waals surface area (Å²) in [6.07, 6.45) is 10.8. The summed E-state index contributed by atoms with van der Waals surface area (Å²) in [6.45, 7) is 0. The van der Waals surface area contributed by atoms with Crippen LogP contribution in [0.3, 0.4) is 0 Å². The van der Waals surface area contributed by atoms with Gasteiger partial charge in [-0.3, -0.25) is 0 Å². The van der Waals surface area contributed by atoms with Gasteiger partial charge in [-0.1, -0.05) is 19.3 Å². The van der Waals surface area contributed by atoms with Crippen molar-refractivity contribution in [3.63, 3.8) is 0 Å². The van der Waals surface area contributed by atoms with Crippen molar-refractivity contribution in [2.45, 2.75) is 55.4 Å². The van der Waals surface area contributed by atoms with Crippen molar-refractivity contribution in [3.8, 4) is 0 Å². The first kappa shape index (κ1) is 7.73. The molecule has 3 fully saturated rings. The molecule has 2 saturated carbocycles. The number of fused-ring (bicyclic) bond motifs is 3. The second-order valence-electron chi connectivity index (χ2n) is 4.76. The molecule has 1 saturated heterocycles. The van der Waals surface area contributed by atoms with E-state index in [9.17, 15) is 0 Å². The van der Waals surface area contributed by atoms with Gasteiger partial charge in [0.05, 0.1) is 0 Å². The predicted octanol–water partition coefficient (Wildman–Crippen LogP) is 3.46. The molecule has 0 bridgehead atoms. The predicted molar refractivity (Wildman–Crippen MR) is 54.5 cm³/mol. The van der Waals surface area contributed by atoms with Crippen LogP contribution < -0.4 is 0 Å². The summed E-state index contributed by atoms with van der Waals surface area (Å²) in [5, 5.41) is 2.19. The second-order valence-corrected chi connectivity index (χ2v) is 6.24. The van der Waals surface area contributed by atoms with Crippen molar-refractivity contribution in [1.29, 1.82) is 0 Å². The summed E-state index contributed by atoms with van der Waals surface area (Å²) in [5.74, 6) is 2.30. The molecule has 0 N–H and O–H groups in total. The minimum atomic E-state index is 1.09. The van der Waals surface area contributed by atoms with E-state index in [-0.39, 0.29) is 0 Å². The van der Waals surface area contributed by atoms with Crippen LogP contribution in [0.5, 0.6) is 0 Å². The lowest BCUT2D eigenvalue weighted by Crippen LogP contribution is -2.22. The highest BCUT2D eigenvalue weighted by atomic mass is 32.2.